The molecule has 0 fully saturated rings. The smallest absolute Gasteiger partial charge is 0.163 e. The molecular weight excluding hydrogens is 382 g/mol. The molecule has 0 bridgehead atoms. The Morgan fingerprint density at radius 3 is 2.58 bits per heavy atom. The summed E-state index contributed by atoms with van der Waals surface area (Å²) in [6.07, 6.45) is 3.56. The number of nitriles is 1. The van der Waals surface area contributed by atoms with Crippen molar-refractivity contribution in [1.82, 2.24) is 20.2 Å². The molecule has 1 aliphatic rings. The summed E-state index contributed by atoms with van der Waals surface area (Å²) in [7, 11) is 26.0. The van der Waals surface area contributed by atoms with Crippen molar-refractivity contribution in [2.75, 3.05) is 10.2 Å². The highest BCUT2D eigenvalue weighted by molar-refractivity contribution is 6.48. The Hall–Kier alpha value is -3.27. The van der Waals surface area contributed by atoms with E-state index >= 15 is 0 Å². The van der Waals surface area contributed by atoms with Crippen LogP contribution in [0.15, 0.2) is 36.7 Å². The van der Waals surface area contributed by atoms with Crippen LogP contribution in [-0.2, 0) is 11.8 Å². The van der Waals surface area contributed by atoms with Crippen LogP contribution in [0.1, 0.15) is 28.2 Å². The third kappa shape index (κ3) is 3.67. The van der Waals surface area contributed by atoms with E-state index in [4.69, 9.17) is 36.6 Å². The number of rotatable bonds is 3. The lowest BCUT2D eigenvalue weighted by atomic mass is 9.46. The maximum Gasteiger partial charge on any atom is 0.163 e. The first-order valence-corrected chi connectivity index (χ1v) is 9.52. The number of pyridine rings is 2. The Labute approximate surface area is 186 Å². The molecule has 142 valence electrons. The summed E-state index contributed by atoms with van der Waals surface area (Å²) >= 11 is 0. The van der Waals surface area contributed by atoms with Crippen LogP contribution in [0.3, 0.4) is 0 Å². The summed E-state index contributed by atoms with van der Waals surface area (Å²) in [6.45, 7) is 3.66. The number of hydrogen-bond acceptors (Lipinski definition) is 7. The molecule has 0 atom stereocenters. The maximum absolute atomic E-state index is 9.09. The lowest BCUT2D eigenvalue weighted by Gasteiger charge is -2.56. The normalized spacial score (nSPS) is 16.2. The van der Waals surface area contributed by atoms with E-state index < -0.39 is 10.7 Å². The molecule has 1 aliphatic heterocycles. The van der Waals surface area contributed by atoms with Crippen molar-refractivity contribution in [2.24, 2.45) is 0 Å². The molecule has 0 saturated heterocycles. The Morgan fingerprint density at radius 2 is 1.90 bits per heavy atom. The highest BCUT2D eigenvalue weighted by Gasteiger charge is 2.45. The molecule has 4 heterocycles. The SMILES string of the molecule is [B]C1([B])Cc2ncc(Nc3cccnc3C)cc2C([B])([B])N1c1nnc(C#N)cc1C. The standard InChI is InChI=1S/C20H15B4N7/c1-11-6-13(9-25)29-30-18(11)31-19(21,22)8-17-15(20(31,23)24)7-14(10-27-17)28-16-4-3-5-26-12(16)2/h3-7,10,28H,8H2,1-2H3. The van der Waals surface area contributed by atoms with E-state index in [0.29, 0.717) is 28.3 Å². The van der Waals surface area contributed by atoms with Crippen molar-refractivity contribution in [1.29, 1.82) is 5.26 Å². The minimum Gasteiger partial charge on any atom is -0.374 e. The topological polar surface area (TPSA) is 90.6 Å². The molecule has 0 spiro atoms. The third-order valence-electron chi connectivity index (χ3n) is 5.21. The molecule has 3 aromatic heterocycles. The fourth-order valence-corrected chi connectivity index (χ4v) is 3.76. The Kier molecular flexibility index (Phi) is 5.04. The fourth-order valence-electron chi connectivity index (χ4n) is 3.76. The lowest BCUT2D eigenvalue weighted by Crippen LogP contribution is -2.66. The van der Waals surface area contributed by atoms with Gasteiger partial charge < -0.3 is 10.2 Å². The molecule has 0 aromatic carbocycles. The molecule has 11 heteroatoms. The average molecular weight is 397 g/mol. The van der Waals surface area contributed by atoms with E-state index in [1.165, 1.54) is 4.90 Å². The van der Waals surface area contributed by atoms with Gasteiger partial charge >= 0.3 is 0 Å². The zero-order valence-electron chi connectivity index (χ0n) is 17.2. The van der Waals surface area contributed by atoms with Gasteiger partial charge in [-0.05, 0) is 66.3 Å². The first kappa shape index (κ1) is 21.0. The molecule has 7 nitrogen and oxygen atoms in total. The van der Waals surface area contributed by atoms with Gasteiger partial charge in [-0.15, -0.1) is 10.2 Å². The number of hydrogen-bond donors (Lipinski definition) is 1. The molecule has 1 N–H and O–H groups in total. The highest BCUT2D eigenvalue weighted by Crippen LogP contribution is 2.41. The Balaban J connectivity index is 1.80. The molecule has 4 rings (SSSR count). The van der Waals surface area contributed by atoms with Crippen LogP contribution in [-0.4, -0.2) is 56.9 Å². The van der Waals surface area contributed by atoms with Crippen LogP contribution in [0.25, 0.3) is 0 Å². The van der Waals surface area contributed by atoms with Crippen molar-refractivity contribution < 1.29 is 0 Å². The number of aryl methyl sites for hydroxylation is 2. The first-order valence-electron chi connectivity index (χ1n) is 9.52. The zero-order valence-corrected chi connectivity index (χ0v) is 17.2. The van der Waals surface area contributed by atoms with Crippen molar-refractivity contribution in [3.8, 4) is 6.07 Å². The molecular formula is C20H15B4N7. The average Bonchev–Trinajstić information content (AvgIpc) is 2.71. The van der Waals surface area contributed by atoms with E-state index in [1.54, 1.807) is 25.4 Å². The van der Waals surface area contributed by atoms with E-state index in [-0.39, 0.29) is 12.1 Å². The van der Waals surface area contributed by atoms with Gasteiger partial charge in [-0.1, -0.05) is 0 Å². The van der Waals surface area contributed by atoms with Gasteiger partial charge in [0.1, 0.15) is 6.07 Å². The molecule has 8 radical (unpaired) electrons. The van der Waals surface area contributed by atoms with Crippen LogP contribution >= 0.6 is 0 Å². The predicted octanol–water partition coefficient (Wildman–Crippen LogP) is 1.000. The zero-order chi connectivity index (χ0) is 22.4. The van der Waals surface area contributed by atoms with Gasteiger partial charge in [0.05, 0.1) is 54.7 Å². The summed E-state index contributed by atoms with van der Waals surface area (Å²) in [6, 6.07) is 9.08. The van der Waals surface area contributed by atoms with Crippen LogP contribution in [0, 0.1) is 25.2 Å². The highest BCUT2D eigenvalue weighted by atomic mass is 15.3. The third-order valence-corrected chi connectivity index (χ3v) is 5.21. The number of nitrogens with zero attached hydrogens (tertiary/aromatic N) is 6. The molecule has 0 saturated carbocycles. The number of aromatic nitrogens is 4. The van der Waals surface area contributed by atoms with Crippen molar-refractivity contribution >= 4 is 48.6 Å². The summed E-state index contributed by atoms with van der Waals surface area (Å²) in [5, 5.41) is 17.3. The second kappa shape index (κ2) is 7.45. The predicted molar refractivity (Wildman–Crippen MR) is 122 cm³/mol. The van der Waals surface area contributed by atoms with E-state index in [0.717, 1.165) is 11.4 Å². The summed E-state index contributed by atoms with van der Waals surface area (Å²) < 4.78 is 0. The van der Waals surface area contributed by atoms with E-state index in [2.05, 4.69) is 25.5 Å². The van der Waals surface area contributed by atoms with Gasteiger partial charge in [0.2, 0.25) is 0 Å². The largest absolute Gasteiger partial charge is 0.374 e. The molecule has 31 heavy (non-hydrogen) atoms. The molecule has 0 aliphatic carbocycles. The summed E-state index contributed by atoms with van der Waals surface area (Å²) in [4.78, 5) is 10.2. The van der Waals surface area contributed by atoms with Crippen molar-refractivity contribution in [2.45, 2.75) is 30.9 Å². The van der Waals surface area contributed by atoms with Gasteiger partial charge in [-0.25, -0.2) is 0 Å². The van der Waals surface area contributed by atoms with Crippen molar-refractivity contribution in [3.63, 3.8) is 0 Å². The van der Waals surface area contributed by atoms with Crippen LogP contribution < -0.4 is 10.2 Å². The quantitative estimate of drug-likeness (QED) is 0.660. The van der Waals surface area contributed by atoms with Gasteiger partial charge in [-0.3, -0.25) is 9.97 Å². The minimum absolute atomic E-state index is 0.165. The van der Waals surface area contributed by atoms with Crippen molar-refractivity contribution in [3.05, 3.63) is 64.9 Å². The molecule has 3 aromatic rings. The number of anilines is 3. The van der Waals surface area contributed by atoms with Gasteiger partial charge in [0, 0.05) is 11.9 Å². The summed E-state index contributed by atoms with van der Waals surface area (Å²) in [5.74, 6) is 0.293. The number of nitrogens with one attached hydrogen (secondary N) is 1. The van der Waals surface area contributed by atoms with Gasteiger partial charge in [-0.2, -0.15) is 5.26 Å². The van der Waals surface area contributed by atoms with Crippen LogP contribution in [0.4, 0.5) is 17.2 Å². The number of fused-ring (bicyclic) bond motifs is 1. The first-order chi connectivity index (χ1) is 14.6. The molecule has 0 amide bonds. The van der Waals surface area contributed by atoms with Crippen LogP contribution in [0.5, 0.6) is 0 Å². The summed E-state index contributed by atoms with van der Waals surface area (Å²) in [5.41, 5.74) is 4.24. The monoisotopic (exact) mass is 397 g/mol. The maximum atomic E-state index is 9.09. The second-order valence-corrected chi connectivity index (χ2v) is 7.66. The van der Waals surface area contributed by atoms with E-state index in [1.807, 2.05) is 31.2 Å². The van der Waals surface area contributed by atoms with Crippen LogP contribution in [0.2, 0.25) is 0 Å². The Bertz CT molecular complexity index is 1210. The lowest BCUT2D eigenvalue weighted by molar-refractivity contribution is 0.558. The fraction of sp³-hybridized carbons (Fsp3) is 0.250. The van der Waals surface area contributed by atoms with Gasteiger partial charge in [0.15, 0.2) is 11.5 Å². The van der Waals surface area contributed by atoms with E-state index in [9.17, 15) is 0 Å². The molecule has 0 unspecified atom stereocenters. The van der Waals surface area contributed by atoms with Gasteiger partial charge in [0.25, 0.3) is 0 Å². The minimum atomic E-state index is -1.64. The Morgan fingerprint density at radius 1 is 1.13 bits per heavy atom. The second-order valence-electron chi connectivity index (χ2n) is 7.66.